The summed E-state index contributed by atoms with van der Waals surface area (Å²) in [5, 5.41) is 0. The molecule has 0 aliphatic rings. The lowest BCUT2D eigenvalue weighted by Gasteiger charge is -2.20. The van der Waals surface area contributed by atoms with Crippen LogP contribution >= 0.6 is 0 Å². The Morgan fingerprint density at radius 1 is 0.722 bits per heavy atom. The highest BCUT2D eigenvalue weighted by atomic mass is 19.3. The molecule has 0 saturated carbocycles. The summed E-state index contributed by atoms with van der Waals surface area (Å²) in [5.74, 6) is -3.61. The first kappa shape index (κ1) is 27.6. The number of rotatable bonds is 14. The zero-order valence-corrected chi connectivity index (χ0v) is 20.9. The van der Waals surface area contributed by atoms with Crippen molar-refractivity contribution in [2.75, 3.05) is 0 Å². The second kappa shape index (κ2) is 13.3. The Labute approximate surface area is 211 Å². The second-order valence-corrected chi connectivity index (χ2v) is 8.93. The Balaban J connectivity index is 1.70. The summed E-state index contributed by atoms with van der Waals surface area (Å²) < 4.78 is 69.3. The largest absolute Gasteiger partial charge is 0.454 e. The summed E-state index contributed by atoms with van der Waals surface area (Å²) in [7, 11) is 0. The first-order chi connectivity index (χ1) is 17.3. The molecule has 0 amide bonds. The highest BCUT2D eigenvalue weighted by molar-refractivity contribution is 5.38. The van der Waals surface area contributed by atoms with Gasteiger partial charge in [0.15, 0.2) is 11.6 Å². The summed E-state index contributed by atoms with van der Waals surface area (Å²) in [4.78, 5) is 0. The molecule has 3 aromatic carbocycles. The fraction of sp³-hybridized carbons (Fsp3) is 0.400. The Bertz CT molecular complexity index is 1080. The zero-order valence-electron chi connectivity index (χ0n) is 20.9. The minimum atomic E-state index is -4.26. The second-order valence-electron chi connectivity index (χ2n) is 8.93. The van der Waals surface area contributed by atoms with Gasteiger partial charge in [0.1, 0.15) is 22.9 Å². The Kier molecular flexibility index (Phi) is 10.2. The van der Waals surface area contributed by atoms with E-state index in [1.807, 2.05) is 12.1 Å². The maximum Gasteiger partial charge on any atom is 0.432 e. The third kappa shape index (κ3) is 7.74. The summed E-state index contributed by atoms with van der Waals surface area (Å²) >= 11 is 0. The van der Waals surface area contributed by atoms with Crippen LogP contribution in [0.15, 0.2) is 54.6 Å². The first-order valence-corrected chi connectivity index (χ1v) is 12.7. The van der Waals surface area contributed by atoms with Gasteiger partial charge in [0.05, 0.1) is 0 Å². The van der Waals surface area contributed by atoms with Crippen LogP contribution in [0, 0.1) is 17.7 Å². The fourth-order valence-corrected chi connectivity index (χ4v) is 3.92. The van der Waals surface area contributed by atoms with Crippen molar-refractivity contribution >= 4 is 0 Å². The molecule has 3 aromatic rings. The van der Waals surface area contributed by atoms with Gasteiger partial charge in [-0.2, -0.15) is 8.78 Å². The van der Waals surface area contributed by atoms with Crippen LogP contribution < -0.4 is 9.47 Å². The lowest BCUT2D eigenvalue weighted by molar-refractivity contribution is -0.189. The van der Waals surface area contributed by atoms with Gasteiger partial charge < -0.3 is 9.47 Å². The molecule has 0 aromatic heterocycles. The minimum absolute atomic E-state index is 0.190. The summed E-state index contributed by atoms with van der Waals surface area (Å²) in [6.07, 6.45) is 5.14. The molecule has 6 heteroatoms. The molecule has 0 unspecified atom stereocenters. The quantitative estimate of drug-likeness (QED) is 0.162. The SMILES string of the molecule is CCCCCCc1ccc(OC(F)(F)c2c(F)c[c]c(Oc3ccc(CCCCC)cc3)c2F)cc1. The third-order valence-electron chi connectivity index (χ3n) is 5.98. The van der Waals surface area contributed by atoms with Gasteiger partial charge in [0.25, 0.3) is 0 Å². The smallest absolute Gasteiger partial charge is 0.432 e. The molecule has 1 radical (unpaired) electrons. The first-order valence-electron chi connectivity index (χ1n) is 12.7. The van der Waals surface area contributed by atoms with E-state index in [0.29, 0.717) is 6.07 Å². The van der Waals surface area contributed by atoms with Crippen molar-refractivity contribution in [1.82, 2.24) is 0 Å². The highest BCUT2D eigenvalue weighted by Gasteiger charge is 2.42. The standard InChI is InChI=1S/C30H33F4O2/c1-3-5-7-9-11-23-14-18-25(19-15-23)36-30(33,34)28-26(31)20-21-27(29(28)32)35-24-16-12-22(13-17-24)10-8-6-4-2/h12-20H,3-11H2,1-2H3. The number of alkyl halides is 2. The Morgan fingerprint density at radius 3 is 1.83 bits per heavy atom. The van der Waals surface area contributed by atoms with Crippen molar-refractivity contribution in [2.45, 2.75) is 77.7 Å². The summed E-state index contributed by atoms with van der Waals surface area (Å²) in [6.45, 7) is 4.25. The maximum atomic E-state index is 15.0. The van der Waals surface area contributed by atoms with Crippen molar-refractivity contribution < 1.29 is 27.0 Å². The zero-order chi connectivity index (χ0) is 26.0. The summed E-state index contributed by atoms with van der Waals surface area (Å²) in [5.41, 5.74) is 0.559. The van der Waals surface area contributed by atoms with Gasteiger partial charge in [-0.15, -0.1) is 0 Å². The van der Waals surface area contributed by atoms with Crippen molar-refractivity contribution in [2.24, 2.45) is 0 Å². The predicted octanol–water partition coefficient (Wildman–Crippen LogP) is 9.54. The molecular weight excluding hydrogens is 468 g/mol. The lowest BCUT2D eigenvalue weighted by Crippen LogP contribution is -2.25. The van der Waals surface area contributed by atoms with Gasteiger partial charge in [0, 0.05) is 6.07 Å². The van der Waals surface area contributed by atoms with Gasteiger partial charge in [-0.3, -0.25) is 0 Å². The van der Waals surface area contributed by atoms with E-state index in [-0.39, 0.29) is 11.5 Å². The molecule has 2 nitrogen and oxygen atoms in total. The number of halogens is 4. The van der Waals surface area contributed by atoms with Crippen molar-refractivity contribution in [3.63, 3.8) is 0 Å². The monoisotopic (exact) mass is 501 g/mol. The molecular formula is C30H33F4O2. The maximum absolute atomic E-state index is 15.0. The molecule has 36 heavy (non-hydrogen) atoms. The van der Waals surface area contributed by atoms with Gasteiger partial charge in [-0.25, -0.2) is 8.78 Å². The molecule has 0 atom stereocenters. The number of ether oxygens (including phenoxy) is 2. The van der Waals surface area contributed by atoms with Crippen LogP contribution in [0.25, 0.3) is 0 Å². The number of unbranched alkanes of at least 4 members (excludes halogenated alkanes) is 5. The van der Waals surface area contributed by atoms with Crippen LogP contribution in [0.3, 0.4) is 0 Å². The van der Waals surface area contributed by atoms with Crippen LogP contribution in [-0.2, 0) is 19.0 Å². The van der Waals surface area contributed by atoms with Crippen molar-refractivity contribution in [1.29, 1.82) is 0 Å². The van der Waals surface area contributed by atoms with Crippen LogP contribution in [-0.4, -0.2) is 0 Å². The average Bonchev–Trinajstić information content (AvgIpc) is 2.85. The molecule has 0 N–H and O–H groups in total. The van der Waals surface area contributed by atoms with E-state index in [1.165, 1.54) is 12.1 Å². The number of hydrogen-bond donors (Lipinski definition) is 0. The average molecular weight is 502 g/mol. The highest BCUT2D eigenvalue weighted by Crippen LogP contribution is 2.38. The molecule has 0 heterocycles. The molecule has 0 aliphatic heterocycles. The van der Waals surface area contributed by atoms with E-state index in [2.05, 4.69) is 19.9 Å². The van der Waals surface area contributed by atoms with Crippen LogP contribution in [0.2, 0.25) is 0 Å². The van der Waals surface area contributed by atoms with Crippen molar-refractivity contribution in [3.05, 3.63) is 89.0 Å². The topological polar surface area (TPSA) is 18.5 Å². The van der Waals surface area contributed by atoms with Crippen LogP contribution in [0.1, 0.15) is 75.5 Å². The van der Waals surface area contributed by atoms with Gasteiger partial charge in [-0.05, 0) is 67.1 Å². The molecule has 0 spiro atoms. The van der Waals surface area contributed by atoms with E-state index in [1.54, 1.807) is 24.3 Å². The number of benzene rings is 3. The molecule has 0 fully saturated rings. The van der Waals surface area contributed by atoms with E-state index in [4.69, 9.17) is 9.47 Å². The minimum Gasteiger partial charge on any atom is -0.454 e. The molecule has 193 valence electrons. The fourth-order valence-electron chi connectivity index (χ4n) is 3.92. The van der Waals surface area contributed by atoms with Crippen LogP contribution in [0.4, 0.5) is 17.6 Å². The molecule has 0 aliphatic carbocycles. The number of aryl methyl sites for hydroxylation is 2. The summed E-state index contributed by atoms with van der Waals surface area (Å²) in [6, 6.07) is 15.9. The van der Waals surface area contributed by atoms with Gasteiger partial charge in [-0.1, -0.05) is 70.2 Å². The number of hydrogen-bond acceptors (Lipinski definition) is 2. The molecule has 0 saturated heterocycles. The van der Waals surface area contributed by atoms with E-state index >= 15 is 4.39 Å². The Hall–Kier alpha value is -3.02. The van der Waals surface area contributed by atoms with Crippen molar-refractivity contribution in [3.8, 4) is 17.2 Å². The normalized spacial score (nSPS) is 11.5. The van der Waals surface area contributed by atoms with Gasteiger partial charge in [0.2, 0.25) is 0 Å². The Morgan fingerprint density at radius 2 is 1.25 bits per heavy atom. The third-order valence-corrected chi connectivity index (χ3v) is 5.98. The van der Waals surface area contributed by atoms with E-state index in [0.717, 1.165) is 68.9 Å². The molecule has 0 bridgehead atoms. The van der Waals surface area contributed by atoms with E-state index < -0.39 is 29.1 Å². The predicted molar refractivity (Wildman–Crippen MR) is 134 cm³/mol. The van der Waals surface area contributed by atoms with Gasteiger partial charge >= 0.3 is 6.11 Å². The lowest BCUT2D eigenvalue weighted by atomic mass is 10.1. The van der Waals surface area contributed by atoms with E-state index in [9.17, 15) is 13.2 Å². The molecule has 3 rings (SSSR count). The van der Waals surface area contributed by atoms with Crippen LogP contribution in [0.5, 0.6) is 17.2 Å².